The zero-order valence-electron chi connectivity index (χ0n) is 17.8. The molecule has 1 heterocycles. The van der Waals surface area contributed by atoms with Crippen LogP contribution < -0.4 is 10.6 Å². The standard InChI is InChI=1S/C23H34N2O3S/c1-21(2)14-18(25-20(27)16-5-4-12-29-16)23(9-8-19(26)24-15-6-7-15)11-10-22(3,28)13-17(21)23/h4-5,12,15,17-18,28H,6-11,13-14H2,1-3H3,(H,24,26)(H,25,27). The summed E-state index contributed by atoms with van der Waals surface area (Å²) in [6.07, 6.45) is 6.63. The molecule has 0 spiro atoms. The van der Waals surface area contributed by atoms with Crippen molar-refractivity contribution in [2.24, 2.45) is 16.7 Å². The Morgan fingerprint density at radius 3 is 2.59 bits per heavy atom. The van der Waals surface area contributed by atoms with Crippen LogP contribution in [0.2, 0.25) is 0 Å². The lowest BCUT2D eigenvalue weighted by atomic mass is 9.57. The quantitative estimate of drug-likeness (QED) is 0.656. The van der Waals surface area contributed by atoms with E-state index >= 15 is 0 Å². The first-order valence-electron chi connectivity index (χ1n) is 11.0. The predicted octanol–water partition coefficient (Wildman–Crippen LogP) is 3.87. The second-order valence-electron chi connectivity index (χ2n) is 10.5. The predicted molar refractivity (Wildman–Crippen MR) is 115 cm³/mol. The molecule has 6 heteroatoms. The number of fused-ring (bicyclic) bond motifs is 1. The fourth-order valence-electron chi connectivity index (χ4n) is 5.94. The maximum Gasteiger partial charge on any atom is 0.261 e. The summed E-state index contributed by atoms with van der Waals surface area (Å²) in [6.45, 7) is 6.45. The molecule has 3 fully saturated rings. The molecule has 4 rings (SSSR count). The molecule has 0 aromatic carbocycles. The van der Waals surface area contributed by atoms with Crippen LogP contribution in [-0.4, -0.2) is 34.6 Å². The lowest BCUT2D eigenvalue weighted by Crippen LogP contribution is -2.52. The van der Waals surface area contributed by atoms with Crippen LogP contribution in [-0.2, 0) is 4.79 Å². The van der Waals surface area contributed by atoms with E-state index in [0.717, 1.165) is 49.8 Å². The molecule has 4 unspecified atom stereocenters. The van der Waals surface area contributed by atoms with Gasteiger partial charge in [0.05, 0.1) is 10.5 Å². The molecule has 1 aromatic heterocycles. The van der Waals surface area contributed by atoms with Gasteiger partial charge < -0.3 is 15.7 Å². The van der Waals surface area contributed by atoms with Gasteiger partial charge in [-0.3, -0.25) is 9.59 Å². The molecular weight excluding hydrogens is 384 g/mol. The van der Waals surface area contributed by atoms with Gasteiger partial charge in [-0.1, -0.05) is 19.9 Å². The molecule has 0 saturated heterocycles. The summed E-state index contributed by atoms with van der Waals surface area (Å²) in [5.41, 5.74) is -0.807. The molecule has 4 atom stereocenters. The summed E-state index contributed by atoms with van der Waals surface area (Å²) in [4.78, 5) is 26.1. The Bertz CT molecular complexity index is 769. The summed E-state index contributed by atoms with van der Waals surface area (Å²) < 4.78 is 0. The molecule has 3 N–H and O–H groups in total. The fourth-order valence-corrected chi connectivity index (χ4v) is 6.57. The summed E-state index contributed by atoms with van der Waals surface area (Å²) in [5.74, 6) is 0.396. The van der Waals surface area contributed by atoms with Crippen molar-refractivity contribution in [3.8, 4) is 0 Å². The van der Waals surface area contributed by atoms with Gasteiger partial charge in [0, 0.05) is 18.5 Å². The van der Waals surface area contributed by atoms with E-state index in [1.807, 2.05) is 24.4 Å². The van der Waals surface area contributed by atoms with Gasteiger partial charge in [0.25, 0.3) is 5.91 Å². The molecule has 3 saturated carbocycles. The van der Waals surface area contributed by atoms with Crippen molar-refractivity contribution in [3.63, 3.8) is 0 Å². The highest BCUT2D eigenvalue weighted by molar-refractivity contribution is 7.12. The average Bonchev–Trinajstić information content (AvgIpc) is 3.21. The van der Waals surface area contributed by atoms with E-state index in [-0.39, 0.29) is 34.6 Å². The minimum atomic E-state index is -0.672. The van der Waals surface area contributed by atoms with E-state index in [1.165, 1.54) is 11.3 Å². The normalized spacial score (nSPS) is 35.7. The lowest BCUT2D eigenvalue weighted by molar-refractivity contribution is -0.123. The second-order valence-corrected chi connectivity index (χ2v) is 11.5. The molecular formula is C23H34N2O3S. The van der Waals surface area contributed by atoms with Crippen LogP contribution in [0.25, 0.3) is 0 Å². The first-order valence-corrected chi connectivity index (χ1v) is 11.9. The minimum absolute atomic E-state index is 0.00474. The molecule has 160 valence electrons. The van der Waals surface area contributed by atoms with Gasteiger partial charge in [0.2, 0.25) is 5.91 Å². The Balaban J connectivity index is 1.57. The van der Waals surface area contributed by atoms with Crippen LogP contribution >= 0.6 is 11.3 Å². The van der Waals surface area contributed by atoms with Gasteiger partial charge >= 0.3 is 0 Å². The van der Waals surface area contributed by atoms with E-state index in [4.69, 9.17) is 0 Å². The van der Waals surface area contributed by atoms with Crippen LogP contribution in [0.4, 0.5) is 0 Å². The molecule has 0 radical (unpaired) electrons. The molecule has 3 aliphatic rings. The third-order valence-corrected chi connectivity index (χ3v) is 8.51. The lowest BCUT2D eigenvalue weighted by Gasteiger charge is -2.50. The molecule has 0 bridgehead atoms. The van der Waals surface area contributed by atoms with Crippen LogP contribution in [0.1, 0.15) is 81.8 Å². The molecule has 1 aromatic rings. The van der Waals surface area contributed by atoms with E-state index in [0.29, 0.717) is 12.5 Å². The second kappa shape index (κ2) is 7.38. The van der Waals surface area contributed by atoms with Gasteiger partial charge in [0.1, 0.15) is 0 Å². The first kappa shape index (κ1) is 20.9. The molecule has 29 heavy (non-hydrogen) atoms. The van der Waals surface area contributed by atoms with Crippen LogP contribution in [0.3, 0.4) is 0 Å². The van der Waals surface area contributed by atoms with Crippen molar-refractivity contribution in [1.29, 1.82) is 0 Å². The Morgan fingerprint density at radius 2 is 1.93 bits per heavy atom. The number of carbonyl (C=O) groups excluding carboxylic acids is 2. The monoisotopic (exact) mass is 418 g/mol. The highest BCUT2D eigenvalue weighted by Crippen LogP contribution is 2.63. The number of carbonyl (C=O) groups is 2. The number of hydrogen-bond acceptors (Lipinski definition) is 4. The third kappa shape index (κ3) is 4.24. The number of hydrogen-bond donors (Lipinski definition) is 3. The summed E-state index contributed by atoms with van der Waals surface area (Å²) in [7, 11) is 0. The van der Waals surface area contributed by atoms with E-state index in [2.05, 4.69) is 24.5 Å². The number of nitrogens with one attached hydrogen (secondary N) is 2. The number of amides is 2. The Kier molecular flexibility index (Phi) is 5.31. The largest absolute Gasteiger partial charge is 0.390 e. The van der Waals surface area contributed by atoms with Crippen LogP contribution in [0, 0.1) is 16.7 Å². The van der Waals surface area contributed by atoms with E-state index < -0.39 is 5.60 Å². The van der Waals surface area contributed by atoms with Crippen molar-refractivity contribution in [2.45, 2.75) is 89.8 Å². The number of rotatable bonds is 6. The minimum Gasteiger partial charge on any atom is -0.390 e. The topological polar surface area (TPSA) is 78.4 Å². The highest BCUT2D eigenvalue weighted by atomic mass is 32.1. The molecule has 5 nitrogen and oxygen atoms in total. The van der Waals surface area contributed by atoms with Gasteiger partial charge in [0.15, 0.2) is 0 Å². The van der Waals surface area contributed by atoms with E-state index in [9.17, 15) is 14.7 Å². The number of thiophene rings is 1. The Morgan fingerprint density at radius 1 is 1.17 bits per heavy atom. The first-order chi connectivity index (χ1) is 13.6. The van der Waals surface area contributed by atoms with Crippen molar-refractivity contribution >= 4 is 23.2 Å². The molecule has 0 aliphatic heterocycles. The van der Waals surface area contributed by atoms with Gasteiger partial charge in [-0.05, 0) is 80.1 Å². The summed E-state index contributed by atoms with van der Waals surface area (Å²) in [5, 5.41) is 19.2. The maximum absolute atomic E-state index is 12.9. The molecule has 2 amide bonds. The number of aliphatic hydroxyl groups is 1. The summed E-state index contributed by atoms with van der Waals surface area (Å²) >= 11 is 1.46. The molecule has 3 aliphatic carbocycles. The zero-order valence-corrected chi connectivity index (χ0v) is 18.6. The smallest absolute Gasteiger partial charge is 0.261 e. The maximum atomic E-state index is 12.9. The average molecular weight is 419 g/mol. The third-order valence-electron chi connectivity index (χ3n) is 7.64. The van der Waals surface area contributed by atoms with Crippen molar-refractivity contribution in [2.75, 3.05) is 0 Å². The summed E-state index contributed by atoms with van der Waals surface area (Å²) in [6, 6.07) is 4.16. The van der Waals surface area contributed by atoms with E-state index in [1.54, 1.807) is 0 Å². The van der Waals surface area contributed by atoms with Crippen LogP contribution in [0.5, 0.6) is 0 Å². The fraction of sp³-hybridized carbons (Fsp3) is 0.739. The van der Waals surface area contributed by atoms with Gasteiger partial charge in [-0.25, -0.2) is 0 Å². The van der Waals surface area contributed by atoms with Crippen molar-refractivity contribution in [3.05, 3.63) is 22.4 Å². The Hall–Kier alpha value is -1.40. The zero-order chi connectivity index (χ0) is 20.9. The van der Waals surface area contributed by atoms with Gasteiger partial charge in [-0.15, -0.1) is 11.3 Å². The van der Waals surface area contributed by atoms with Crippen molar-refractivity contribution in [1.82, 2.24) is 10.6 Å². The van der Waals surface area contributed by atoms with Crippen molar-refractivity contribution < 1.29 is 14.7 Å². The Labute approximate surface area is 177 Å². The van der Waals surface area contributed by atoms with Gasteiger partial charge in [-0.2, -0.15) is 0 Å². The van der Waals surface area contributed by atoms with Crippen LogP contribution in [0.15, 0.2) is 17.5 Å². The SMILES string of the molecule is CC1(O)CCC2(CCC(=O)NC3CC3)C(NC(=O)c3cccs3)CC(C)(C)C2C1. The highest BCUT2D eigenvalue weighted by Gasteiger charge is 2.61.